The zero-order valence-corrected chi connectivity index (χ0v) is 10.9. The SMILES string of the molecule is CCn1ncc2ccc(NC3COCC3C)cc21. The van der Waals surface area contributed by atoms with Gasteiger partial charge in [-0.1, -0.05) is 6.92 Å². The summed E-state index contributed by atoms with van der Waals surface area (Å²) in [5.41, 5.74) is 2.34. The molecular weight excluding hydrogens is 226 g/mol. The molecule has 0 radical (unpaired) electrons. The van der Waals surface area contributed by atoms with Gasteiger partial charge in [0.2, 0.25) is 0 Å². The molecule has 0 saturated carbocycles. The number of nitrogens with one attached hydrogen (secondary N) is 1. The molecule has 96 valence electrons. The molecule has 1 aliphatic rings. The molecule has 0 spiro atoms. The summed E-state index contributed by atoms with van der Waals surface area (Å²) in [4.78, 5) is 0. The van der Waals surface area contributed by atoms with Gasteiger partial charge in [0.1, 0.15) is 0 Å². The average molecular weight is 245 g/mol. The molecule has 1 aromatic heterocycles. The number of aryl methyl sites for hydroxylation is 1. The van der Waals surface area contributed by atoms with Crippen LogP contribution in [0.25, 0.3) is 10.9 Å². The Hall–Kier alpha value is -1.55. The van der Waals surface area contributed by atoms with Crippen molar-refractivity contribution in [3.05, 3.63) is 24.4 Å². The van der Waals surface area contributed by atoms with Crippen molar-refractivity contribution in [3.63, 3.8) is 0 Å². The maximum atomic E-state index is 5.48. The highest BCUT2D eigenvalue weighted by molar-refractivity contribution is 5.82. The van der Waals surface area contributed by atoms with E-state index in [0.29, 0.717) is 12.0 Å². The summed E-state index contributed by atoms with van der Waals surface area (Å²) in [6, 6.07) is 6.84. The summed E-state index contributed by atoms with van der Waals surface area (Å²) in [7, 11) is 0. The van der Waals surface area contributed by atoms with Crippen LogP contribution in [0.3, 0.4) is 0 Å². The normalized spacial score (nSPS) is 23.7. The highest BCUT2D eigenvalue weighted by atomic mass is 16.5. The summed E-state index contributed by atoms with van der Waals surface area (Å²) in [6.45, 7) is 6.88. The second kappa shape index (κ2) is 4.61. The monoisotopic (exact) mass is 245 g/mol. The van der Waals surface area contributed by atoms with Crippen molar-refractivity contribution < 1.29 is 4.74 Å². The van der Waals surface area contributed by atoms with Gasteiger partial charge in [-0.2, -0.15) is 5.10 Å². The van der Waals surface area contributed by atoms with E-state index in [0.717, 1.165) is 25.4 Å². The van der Waals surface area contributed by atoms with Crippen molar-refractivity contribution in [2.45, 2.75) is 26.4 Å². The Morgan fingerprint density at radius 2 is 2.33 bits per heavy atom. The maximum absolute atomic E-state index is 5.48. The van der Waals surface area contributed by atoms with E-state index in [9.17, 15) is 0 Å². The molecule has 2 atom stereocenters. The summed E-state index contributed by atoms with van der Waals surface area (Å²) in [6.07, 6.45) is 1.92. The van der Waals surface area contributed by atoms with Crippen LogP contribution in [0.1, 0.15) is 13.8 Å². The Labute approximate surface area is 107 Å². The van der Waals surface area contributed by atoms with E-state index in [2.05, 4.69) is 42.5 Å². The second-order valence-corrected chi connectivity index (χ2v) is 5.00. The molecule has 18 heavy (non-hydrogen) atoms. The largest absolute Gasteiger partial charge is 0.380 e. The number of hydrogen-bond acceptors (Lipinski definition) is 3. The van der Waals surface area contributed by atoms with E-state index in [-0.39, 0.29) is 0 Å². The second-order valence-electron chi connectivity index (χ2n) is 5.00. The van der Waals surface area contributed by atoms with Gasteiger partial charge in [-0.3, -0.25) is 4.68 Å². The summed E-state index contributed by atoms with van der Waals surface area (Å²) in [5, 5.41) is 9.12. The first-order valence-corrected chi connectivity index (χ1v) is 6.58. The lowest BCUT2D eigenvalue weighted by molar-refractivity contribution is 0.187. The smallest absolute Gasteiger partial charge is 0.0702 e. The van der Waals surface area contributed by atoms with Gasteiger partial charge in [-0.25, -0.2) is 0 Å². The van der Waals surface area contributed by atoms with Gasteiger partial charge >= 0.3 is 0 Å². The Balaban J connectivity index is 1.87. The first-order chi connectivity index (χ1) is 8.78. The number of benzene rings is 1. The van der Waals surface area contributed by atoms with Crippen molar-refractivity contribution in [1.29, 1.82) is 0 Å². The van der Waals surface area contributed by atoms with Crippen molar-refractivity contribution >= 4 is 16.6 Å². The lowest BCUT2D eigenvalue weighted by atomic mass is 10.1. The number of rotatable bonds is 3. The molecule has 0 bridgehead atoms. The van der Waals surface area contributed by atoms with Crippen LogP contribution in [0.5, 0.6) is 0 Å². The number of fused-ring (bicyclic) bond motifs is 1. The van der Waals surface area contributed by atoms with Crippen LogP contribution in [0, 0.1) is 5.92 Å². The van der Waals surface area contributed by atoms with E-state index in [1.54, 1.807) is 0 Å². The standard InChI is InChI=1S/C14H19N3O/c1-3-17-14-6-12(5-4-11(14)7-15-17)16-13-9-18-8-10(13)2/h4-7,10,13,16H,3,8-9H2,1-2H3. The molecule has 2 unspecified atom stereocenters. The van der Waals surface area contributed by atoms with E-state index < -0.39 is 0 Å². The van der Waals surface area contributed by atoms with Crippen LogP contribution >= 0.6 is 0 Å². The number of ether oxygens (including phenoxy) is 1. The molecular formula is C14H19N3O. The van der Waals surface area contributed by atoms with Gasteiger partial charge in [-0.05, 0) is 25.1 Å². The minimum absolute atomic E-state index is 0.417. The Kier molecular flexibility index (Phi) is 2.96. The van der Waals surface area contributed by atoms with Gasteiger partial charge in [0, 0.05) is 23.5 Å². The molecule has 4 nitrogen and oxygen atoms in total. The van der Waals surface area contributed by atoms with E-state index >= 15 is 0 Å². The van der Waals surface area contributed by atoms with Gasteiger partial charge in [0.05, 0.1) is 31.0 Å². The third kappa shape index (κ3) is 1.97. The predicted molar refractivity (Wildman–Crippen MR) is 72.8 cm³/mol. The van der Waals surface area contributed by atoms with Gasteiger partial charge < -0.3 is 10.1 Å². The van der Waals surface area contributed by atoms with Crippen LogP contribution in [-0.4, -0.2) is 29.0 Å². The van der Waals surface area contributed by atoms with Crippen molar-refractivity contribution in [2.24, 2.45) is 5.92 Å². The molecule has 1 N–H and O–H groups in total. The van der Waals surface area contributed by atoms with E-state index in [1.165, 1.54) is 10.9 Å². The maximum Gasteiger partial charge on any atom is 0.0702 e. The van der Waals surface area contributed by atoms with Crippen LogP contribution in [0.15, 0.2) is 24.4 Å². The minimum Gasteiger partial charge on any atom is -0.380 e. The fraction of sp³-hybridized carbons (Fsp3) is 0.500. The average Bonchev–Trinajstić information content (AvgIpc) is 2.96. The topological polar surface area (TPSA) is 39.1 Å². The van der Waals surface area contributed by atoms with Gasteiger partial charge in [0.15, 0.2) is 0 Å². The fourth-order valence-electron chi connectivity index (χ4n) is 2.47. The first-order valence-electron chi connectivity index (χ1n) is 6.58. The Morgan fingerprint density at radius 1 is 1.44 bits per heavy atom. The van der Waals surface area contributed by atoms with E-state index in [4.69, 9.17) is 4.74 Å². The molecule has 0 aliphatic carbocycles. The molecule has 3 rings (SSSR count). The summed E-state index contributed by atoms with van der Waals surface area (Å²) < 4.78 is 7.50. The van der Waals surface area contributed by atoms with Gasteiger partial charge in [-0.15, -0.1) is 0 Å². The van der Waals surface area contributed by atoms with Crippen molar-refractivity contribution in [3.8, 4) is 0 Å². The number of aromatic nitrogens is 2. The molecule has 1 aliphatic heterocycles. The highest BCUT2D eigenvalue weighted by Gasteiger charge is 2.23. The molecule has 1 aromatic carbocycles. The summed E-state index contributed by atoms with van der Waals surface area (Å²) in [5.74, 6) is 0.566. The van der Waals surface area contributed by atoms with Crippen molar-refractivity contribution in [2.75, 3.05) is 18.5 Å². The fourth-order valence-corrected chi connectivity index (χ4v) is 2.47. The number of hydrogen-bond donors (Lipinski definition) is 1. The quantitative estimate of drug-likeness (QED) is 0.903. The third-order valence-corrected chi connectivity index (χ3v) is 3.66. The lowest BCUT2D eigenvalue weighted by Gasteiger charge is -2.16. The van der Waals surface area contributed by atoms with Crippen LogP contribution in [0.4, 0.5) is 5.69 Å². The zero-order chi connectivity index (χ0) is 12.5. The molecule has 1 fully saturated rings. The molecule has 0 amide bonds. The zero-order valence-electron chi connectivity index (χ0n) is 10.9. The predicted octanol–water partition coefficient (Wildman–Crippen LogP) is 2.50. The van der Waals surface area contributed by atoms with Crippen LogP contribution < -0.4 is 5.32 Å². The highest BCUT2D eigenvalue weighted by Crippen LogP contribution is 2.22. The lowest BCUT2D eigenvalue weighted by Crippen LogP contribution is -2.25. The molecule has 2 aromatic rings. The molecule has 2 heterocycles. The van der Waals surface area contributed by atoms with E-state index in [1.807, 2.05) is 10.9 Å². The number of nitrogens with zero attached hydrogens (tertiary/aromatic N) is 2. The molecule has 1 saturated heterocycles. The van der Waals surface area contributed by atoms with Crippen molar-refractivity contribution in [1.82, 2.24) is 9.78 Å². The minimum atomic E-state index is 0.417. The molecule has 4 heteroatoms. The summed E-state index contributed by atoms with van der Waals surface area (Å²) >= 11 is 0. The third-order valence-electron chi connectivity index (χ3n) is 3.66. The van der Waals surface area contributed by atoms with Crippen LogP contribution in [-0.2, 0) is 11.3 Å². The number of anilines is 1. The Bertz CT molecular complexity index is 549. The van der Waals surface area contributed by atoms with Gasteiger partial charge in [0.25, 0.3) is 0 Å². The Morgan fingerprint density at radius 3 is 3.06 bits per heavy atom. The first kappa shape index (κ1) is 11.5. The van der Waals surface area contributed by atoms with Crippen LogP contribution in [0.2, 0.25) is 0 Å².